The van der Waals surface area contributed by atoms with Crippen LogP contribution in [0.15, 0.2) is 16.6 Å². The van der Waals surface area contributed by atoms with Crippen LogP contribution in [0.5, 0.6) is 5.75 Å². The Kier molecular flexibility index (Phi) is 4.28. The number of nitriles is 1. The fourth-order valence-corrected chi connectivity index (χ4v) is 2.24. The second-order valence-corrected chi connectivity index (χ2v) is 4.94. The average molecular weight is 392 g/mol. The number of hydrogen-bond donors (Lipinski definition) is 2. The SMILES string of the molecule is N#Cc1c(N)nc(N)nc1-c1c(Br)ccc(OC(F)(F)F)c1F. The van der Waals surface area contributed by atoms with Gasteiger partial charge < -0.3 is 16.2 Å². The standard InChI is InChI=1S/C12H6BrF4N5O/c13-5-1-2-6(23-12(15,16)17)8(14)7(5)9-4(3-18)10(19)22-11(20)21-9/h1-2H,(H4,19,20,21,22). The van der Waals surface area contributed by atoms with Gasteiger partial charge in [0.05, 0.1) is 5.56 Å². The predicted molar refractivity (Wildman–Crippen MR) is 75.3 cm³/mol. The van der Waals surface area contributed by atoms with Crippen molar-refractivity contribution in [3.63, 3.8) is 0 Å². The molecule has 0 atom stereocenters. The fourth-order valence-electron chi connectivity index (χ4n) is 1.74. The Morgan fingerprint density at radius 3 is 2.43 bits per heavy atom. The third-order valence-electron chi connectivity index (χ3n) is 2.58. The summed E-state index contributed by atoms with van der Waals surface area (Å²) >= 11 is 2.98. The van der Waals surface area contributed by atoms with Crippen molar-refractivity contribution in [3.05, 3.63) is 28.0 Å². The molecule has 23 heavy (non-hydrogen) atoms. The summed E-state index contributed by atoms with van der Waals surface area (Å²) in [5, 5.41) is 9.09. The van der Waals surface area contributed by atoms with E-state index in [0.29, 0.717) is 0 Å². The van der Waals surface area contributed by atoms with Crippen LogP contribution in [0.2, 0.25) is 0 Å². The molecule has 0 aliphatic carbocycles. The van der Waals surface area contributed by atoms with Gasteiger partial charge in [0, 0.05) is 4.47 Å². The Balaban J connectivity index is 2.75. The molecule has 0 spiro atoms. The molecule has 2 aromatic rings. The highest BCUT2D eigenvalue weighted by Crippen LogP contribution is 2.39. The summed E-state index contributed by atoms with van der Waals surface area (Å²) in [4.78, 5) is 7.24. The number of nitrogen functional groups attached to an aromatic ring is 2. The van der Waals surface area contributed by atoms with Crippen molar-refractivity contribution in [2.24, 2.45) is 0 Å². The first-order valence-corrected chi connectivity index (χ1v) is 6.50. The number of nitrogens with zero attached hydrogens (tertiary/aromatic N) is 3. The number of alkyl halides is 3. The van der Waals surface area contributed by atoms with Gasteiger partial charge in [0.25, 0.3) is 0 Å². The Bertz CT molecular complexity index is 819. The molecule has 0 saturated heterocycles. The minimum Gasteiger partial charge on any atom is -0.403 e. The highest BCUT2D eigenvalue weighted by atomic mass is 79.9. The minimum absolute atomic E-state index is 0.0264. The molecule has 1 heterocycles. The summed E-state index contributed by atoms with van der Waals surface area (Å²) in [5.41, 5.74) is 9.77. The number of rotatable bonds is 2. The summed E-state index contributed by atoms with van der Waals surface area (Å²) < 4.78 is 55.0. The number of benzene rings is 1. The van der Waals surface area contributed by atoms with Crippen molar-refractivity contribution >= 4 is 27.7 Å². The summed E-state index contributed by atoms with van der Waals surface area (Å²) in [7, 11) is 0. The first-order valence-electron chi connectivity index (χ1n) is 5.71. The number of ether oxygens (including phenoxy) is 1. The molecule has 0 bridgehead atoms. The van der Waals surface area contributed by atoms with E-state index in [9.17, 15) is 17.6 Å². The summed E-state index contributed by atoms with van der Waals surface area (Å²) in [6, 6.07) is 3.54. The number of halogens is 5. The second-order valence-electron chi connectivity index (χ2n) is 4.08. The minimum atomic E-state index is -5.09. The molecule has 6 nitrogen and oxygen atoms in total. The van der Waals surface area contributed by atoms with Crippen molar-refractivity contribution in [2.45, 2.75) is 6.36 Å². The lowest BCUT2D eigenvalue weighted by molar-refractivity contribution is -0.275. The maximum absolute atomic E-state index is 14.4. The molecule has 1 aromatic carbocycles. The van der Waals surface area contributed by atoms with Crippen LogP contribution in [-0.4, -0.2) is 16.3 Å². The first kappa shape index (κ1) is 16.8. The molecule has 0 fully saturated rings. The van der Waals surface area contributed by atoms with Crippen LogP contribution in [0.3, 0.4) is 0 Å². The van der Waals surface area contributed by atoms with Crippen LogP contribution in [0, 0.1) is 17.1 Å². The average Bonchev–Trinajstić information content (AvgIpc) is 2.40. The van der Waals surface area contributed by atoms with Crippen molar-refractivity contribution in [1.82, 2.24) is 9.97 Å². The Labute approximate surface area is 134 Å². The largest absolute Gasteiger partial charge is 0.573 e. The lowest BCUT2D eigenvalue weighted by Gasteiger charge is -2.14. The number of anilines is 2. The zero-order valence-electron chi connectivity index (χ0n) is 10.9. The molecular weight excluding hydrogens is 386 g/mol. The third kappa shape index (κ3) is 3.42. The van der Waals surface area contributed by atoms with Crippen molar-refractivity contribution < 1.29 is 22.3 Å². The van der Waals surface area contributed by atoms with Gasteiger partial charge in [-0.1, -0.05) is 0 Å². The fraction of sp³-hybridized carbons (Fsp3) is 0.0833. The first-order chi connectivity index (χ1) is 10.6. The smallest absolute Gasteiger partial charge is 0.403 e. The molecule has 0 aliphatic heterocycles. The molecule has 2 rings (SSSR count). The van der Waals surface area contributed by atoms with Crippen LogP contribution < -0.4 is 16.2 Å². The van der Waals surface area contributed by atoms with Gasteiger partial charge in [-0.25, -0.2) is 9.37 Å². The predicted octanol–water partition coefficient (Wildman–Crippen LogP) is 2.98. The Morgan fingerprint density at radius 1 is 1.22 bits per heavy atom. The molecule has 0 saturated carbocycles. The second kappa shape index (κ2) is 5.88. The Hall–Kier alpha value is -2.61. The molecule has 0 amide bonds. The normalized spacial score (nSPS) is 11.1. The van der Waals surface area contributed by atoms with E-state index in [1.807, 2.05) is 0 Å². The van der Waals surface area contributed by atoms with Gasteiger partial charge in [-0.15, -0.1) is 13.2 Å². The zero-order valence-corrected chi connectivity index (χ0v) is 12.5. The van der Waals surface area contributed by atoms with Crippen molar-refractivity contribution in [3.8, 4) is 23.1 Å². The summed E-state index contributed by atoms with van der Waals surface area (Å²) in [5.74, 6) is -3.17. The van der Waals surface area contributed by atoms with Crippen LogP contribution in [0.4, 0.5) is 29.3 Å². The van der Waals surface area contributed by atoms with Gasteiger partial charge in [-0.05, 0) is 28.1 Å². The maximum atomic E-state index is 14.4. The van der Waals surface area contributed by atoms with E-state index in [1.54, 1.807) is 6.07 Å². The van der Waals surface area contributed by atoms with Crippen LogP contribution in [0.25, 0.3) is 11.3 Å². The van der Waals surface area contributed by atoms with Crippen LogP contribution >= 0.6 is 15.9 Å². The van der Waals surface area contributed by atoms with Gasteiger partial charge in [-0.2, -0.15) is 10.2 Å². The number of hydrogen-bond acceptors (Lipinski definition) is 6. The number of nitrogens with two attached hydrogens (primary N) is 2. The number of aromatic nitrogens is 2. The van der Waals surface area contributed by atoms with Gasteiger partial charge >= 0.3 is 6.36 Å². The summed E-state index contributed by atoms with van der Waals surface area (Å²) in [6.07, 6.45) is -5.09. The molecule has 120 valence electrons. The van der Waals surface area contributed by atoms with E-state index in [2.05, 4.69) is 30.6 Å². The zero-order chi connectivity index (χ0) is 17.4. The van der Waals surface area contributed by atoms with E-state index >= 15 is 0 Å². The highest BCUT2D eigenvalue weighted by molar-refractivity contribution is 9.10. The molecule has 4 N–H and O–H groups in total. The molecule has 1 aromatic heterocycles. The van der Waals surface area contributed by atoms with Gasteiger partial charge in [-0.3, -0.25) is 0 Å². The summed E-state index contributed by atoms with van der Waals surface area (Å²) in [6.45, 7) is 0. The molecule has 0 unspecified atom stereocenters. The molecule has 11 heteroatoms. The molecular formula is C12H6BrF4N5O. The van der Waals surface area contributed by atoms with Crippen molar-refractivity contribution in [2.75, 3.05) is 11.5 Å². The van der Waals surface area contributed by atoms with E-state index in [4.69, 9.17) is 16.7 Å². The van der Waals surface area contributed by atoms with E-state index < -0.39 is 23.5 Å². The van der Waals surface area contributed by atoms with E-state index in [0.717, 1.165) is 12.1 Å². The van der Waals surface area contributed by atoms with Gasteiger partial charge in [0.2, 0.25) is 5.95 Å². The van der Waals surface area contributed by atoms with E-state index in [1.165, 1.54) is 0 Å². The Morgan fingerprint density at radius 2 is 1.87 bits per heavy atom. The van der Waals surface area contributed by atoms with E-state index in [-0.39, 0.29) is 27.5 Å². The lowest BCUT2D eigenvalue weighted by Crippen LogP contribution is -2.18. The van der Waals surface area contributed by atoms with Crippen molar-refractivity contribution in [1.29, 1.82) is 5.26 Å². The topological polar surface area (TPSA) is 111 Å². The quantitative estimate of drug-likeness (QED) is 0.761. The lowest BCUT2D eigenvalue weighted by atomic mass is 10.1. The van der Waals surface area contributed by atoms with Gasteiger partial charge in [0.1, 0.15) is 23.1 Å². The molecule has 0 radical (unpaired) electrons. The van der Waals surface area contributed by atoms with Gasteiger partial charge in [0.15, 0.2) is 11.6 Å². The third-order valence-corrected chi connectivity index (χ3v) is 3.25. The monoisotopic (exact) mass is 391 g/mol. The maximum Gasteiger partial charge on any atom is 0.573 e. The molecule has 0 aliphatic rings. The van der Waals surface area contributed by atoms with Crippen LogP contribution in [-0.2, 0) is 0 Å². The highest BCUT2D eigenvalue weighted by Gasteiger charge is 2.33. The van der Waals surface area contributed by atoms with Crippen LogP contribution in [0.1, 0.15) is 5.56 Å².